The normalized spacial score (nSPS) is 15.0. The Hall–Kier alpha value is -1.24. The molecule has 0 heterocycles. The Balaban J connectivity index is 3.18. The summed E-state index contributed by atoms with van der Waals surface area (Å²) in [6, 6.07) is 1.88. The van der Waals surface area contributed by atoms with Crippen molar-refractivity contribution in [1.82, 2.24) is 0 Å². The molecule has 1 rings (SSSR count). The summed E-state index contributed by atoms with van der Waals surface area (Å²) in [5.41, 5.74) is 4.10. The van der Waals surface area contributed by atoms with E-state index in [0.29, 0.717) is 0 Å². The molecule has 0 saturated heterocycles. The molecule has 0 aliphatic rings. The van der Waals surface area contributed by atoms with Crippen LogP contribution >= 0.6 is 0 Å². The van der Waals surface area contributed by atoms with Crippen molar-refractivity contribution in [2.24, 2.45) is 0 Å². The van der Waals surface area contributed by atoms with Gasteiger partial charge in [0, 0.05) is 0 Å². The van der Waals surface area contributed by atoms with E-state index in [1.54, 1.807) is 0 Å². The van der Waals surface area contributed by atoms with Crippen LogP contribution in [0.5, 0.6) is 0 Å². The quantitative estimate of drug-likeness (QED) is 0.536. The molecule has 0 aliphatic carbocycles. The van der Waals surface area contributed by atoms with E-state index in [1.807, 2.05) is 0 Å². The monoisotopic (exact) mass is 219 g/mol. The topological polar surface area (TPSA) is 86.7 Å². The molecule has 2 unspecified atom stereocenters. The molecule has 4 nitrogen and oxygen atoms in total. The number of aliphatic hydroxyl groups excluding tert-OH is 3. The summed E-state index contributed by atoms with van der Waals surface area (Å²) in [5, 5.41) is 26.9. The molecule has 1 aromatic rings. The second kappa shape index (κ2) is 4.52. The maximum absolute atomic E-state index is 13.3. The minimum absolute atomic E-state index is 0.337. The molecule has 0 fully saturated rings. The molecule has 1 aromatic carbocycles. The Morgan fingerprint density at radius 3 is 2.40 bits per heavy atom. The summed E-state index contributed by atoms with van der Waals surface area (Å²) in [4.78, 5) is 0. The molecule has 6 heteroatoms. The fourth-order valence-corrected chi connectivity index (χ4v) is 1.15. The number of nitrogens with two attached hydrogens (primary N) is 1. The molecule has 15 heavy (non-hydrogen) atoms. The van der Waals surface area contributed by atoms with Gasteiger partial charge in [-0.25, -0.2) is 8.78 Å². The van der Waals surface area contributed by atoms with Crippen molar-refractivity contribution >= 4 is 5.69 Å². The molecule has 0 amide bonds. The zero-order valence-electron chi connectivity index (χ0n) is 7.69. The molecule has 0 aromatic heterocycles. The number of anilines is 1. The second-order valence-corrected chi connectivity index (χ2v) is 3.06. The lowest BCUT2D eigenvalue weighted by atomic mass is 10.0. The lowest BCUT2D eigenvalue weighted by Crippen LogP contribution is -2.24. The predicted octanol–water partition coefficient (Wildman–Crippen LogP) is -0.0664. The first-order chi connectivity index (χ1) is 6.99. The highest BCUT2D eigenvalue weighted by Crippen LogP contribution is 2.26. The first-order valence-electron chi connectivity index (χ1n) is 4.19. The molecule has 2 atom stereocenters. The molecular formula is C9H11F2NO3. The summed E-state index contributed by atoms with van der Waals surface area (Å²) in [6.45, 7) is -0.811. The number of aliphatic hydroxyl groups is 3. The Kier molecular flexibility index (Phi) is 3.57. The largest absolute Gasteiger partial charge is 0.396 e. The van der Waals surface area contributed by atoms with E-state index >= 15 is 0 Å². The number of halogens is 2. The summed E-state index contributed by atoms with van der Waals surface area (Å²) in [5.74, 6) is -2.16. The van der Waals surface area contributed by atoms with Crippen LogP contribution in [0.15, 0.2) is 12.1 Å². The second-order valence-electron chi connectivity index (χ2n) is 3.06. The van der Waals surface area contributed by atoms with Gasteiger partial charge in [0.25, 0.3) is 0 Å². The lowest BCUT2D eigenvalue weighted by molar-refractivity contribution is -0.0184. The van der Waals surface area contributed by atoms with Gasteiger partial charge in [-0.1, -0.05) is 0 Å². The van der Waals surface area contributed by atoms with Crippen molar-refractivity contribution in [3.8, 4) is 0 Å². The van der Waals surface area contributed by atoms with Gasteiger partial charge in [0.05, 0.1) is 17.9 Å². The molecule has 0 radical (unpaired) electrons. The average Bonchev–Trinajstić information content (AvgIpc) is 2.22. The maximum atomic E-state index is 13.3. The van der Waals surface area contributed by atoms with E-state index < -0.39 is 36.0 Å². The van der Waals surface area contributed by atoms with E-state index in [-0.39, 0.29) is 5.69 Å². The first-order valence-corrected chi connectivity index (χ1v) is 4.19. The van der Waals surface area contributed by atoms with Crippen LogP contribution in [0, 0.1) is 11.6 Å². The zero-order chi connectivity index (χ0) is 11.6. The Labute approximate surface area is 84.6 Å². The Morgan fingerprint density at radius 2 is 1.87 bits per heavy atom. The molecule has 0 aliphatic heterocycles. The van der Waals surface area contributed by atoms with E-state index in [2.05, 4.69) is 0 Å². The highest BCUT2D eigenvalue weighted by Gasteiger charge is 2.25. The highest BCUT2D eigenvalue weighted by molar-refractivity contribution is 5.44. The summed E-state index contributed by atoms with van der Waals surface area (Å²) >= 11 is 0. The fourth-order valence-electron chi connectivity index (χ4n) is 1.15. The van der Waals surface area contributed by atoms with Gasteiger partial charge in [-0.3, -0.25) is 0 Å². The van der Waals surface area contributed by atoms with E-state index in [4.69, 9.17) is 15.9 Å². The predicted molar refractivity (Wildman–Crippen MR) is 48.8 cm³/mol. The van der Waals surface area contributed by atoms with Gasteiger partial charge < -0.3 is 21.1 Å². The van der Waals surface area contributed by atoms with Gasteiger partial charge in [0.2, 0.25) is 0 Å². The van der Waals surface area contributed by atoms with Crippen LogP contribution in [-0.4, -0.2) is 28.0 Å². The molecule has 84 valence electrons. The molecule has 5 N–H and O–H groups in total. The van der Waals surface area contributed by atoms with Crippen molar-refractivity contribution < 1.29 is 24.1 Å². The smallest absolute Gasteiger partial charge is 0.154 e. The number of nitrogen functional groups attached to an aromatic ring is 1. The highest BCUT2D eigenvalue weighted by atomic mass is 19.1. The standard InChI is InChI=1S/C9H11F2NO3/c10-4-1-2-5(12)8(11)7(4)9(15)6(14)3-13/h1-2,6,9,13-15H,3,12H2. The maximum Gasteiger partial charge on any atom is 0.154 e. The third kappa shape index (κ3) is 2.23. The Bertz CT molecular complexity index is 359. The van der Waals surface area contributed by atoms with E-state index in [9.17, 15) is 13.9 Å². The van der Waals surface area contributed by atoms with Crippen molar-refractivity contribution in [3.05, 3.63) is 29.3 Å². The number of hydrogen-bond acceptors (Lipinski definition) is 4. The van der Waals surface area contributed by atoms with Gasteiger partial charge in [0.15, 0.2) is 5.82 Å². The van der Waals surface area contributed by atoms with Crippen LogP contribution in [0.2, 0.25) is 0 Å². The van der Waals surface area contributed by atoms with Crippen LogP contribution in [-0.2, 0) is 0 Å². The van der Waals surface area contributed by atoms with Crippen LogP contribution in [0.4, 0.5) is 14.5 Å². The average molecular weight is 219 g/mol. The van der Waals surface area contributed by atoms with Crippen molar-refractivity contribution in [3.63, 3.8) is 0 Å². The third-order valence-corrected chi connectivity index (χ3v) is 2.00. The number of hydrogen-bond donors (Lipinski definition) is 4. The number of benzene rings is 1. The minimum atomic E-state index is -1.85. The van der Waals surface area contributed by atoms with Crippen molar-refractivity contribution in [2.45, 2.75) is 12.2 Å². The van der Waals surface area contributed by atoms with Crippen molar-refractivity contribution in [2.75, 3.05) is 12.3 Å². The molecule has 0 saturated carbocycles. The van der Waals surface area contributed by atoms with E-state index in [0.717, 1.165) is 12.1 Å². The Morgan fingerprint density at radius 1 is 1.27 bits per heavy atom. The van der Waals surface area contributed by atoms with Gasteiger partial charge in [-0.05, 0) is 12.1 Å². The van der Waals surface area contributed by atoms with Gasteiger partial charge in [-0.15, -0.1) is 0 Å². The summed E-state index contributed by atoms with van der Waals surface area (Å²) < 4.78 is 26.4. The van der Waals surface area contributed by atoms with E-state index in [1.165, 1.54) is 0 Å². The number of rotatable bonds is 3. The third-order valence-electron chi connectivity index (χ3n) is 2.00. The minimum Gasteiger partial charge on any atom is -0.396 e. The zero-order valence-corrected chi connectivity index (χ0v) is 7.69. The van der Waals surface area contributed by atoms with Gasteiger partial charge in [0.1, 0.15) is 18.0 Å². The molecule has 0 bridgehead atoms. The van der Waals surface area contributed by atoms with Crippen LogP contribution in [0.1, 0.15) is 11.7 Å². The summed E-state index contributed by atoms with van der Waals surface area (Å²) in [7, 11) is 0. The van der Waals surface area contributed by atoms with Crippen molar-refractivity contribution in [1.29, 1.82) is 0 Å². The molecule has 0 spiro atoms. The first kappa shape index (κ1) is 11.8. The fraction of sp³-hybridized carbons (Fsp3) is 0.333. The summed E-state index contributed by atoms with van der Waals surface area (Å²) in [6.07, 6.45) is -3.51. The van der Waals surface area contributed by atoms with Crippen LogP contribution in [0.3, 0.4) is 0 Å². The van der Waals surface area contributed by atoms with Crippen LogP contribution < -0.4 is 5.73 Å². The molecular weight excluding hydrogens is 208 g/mol. The van der Waals surface area contributed by atoms with Crippen LogP contribution in [0.25, 0.3) is 0 Å². The lowest BCUT2D eigenvalue weighted by Gasteiger charge is -2.17. The van der Waals surface area contributed by atoms with Gasteiger partial charge >= 0.3 is 0 Å². The SMILES string of the molecule is Nc1ccc(F)c(C(O)C(O)CO)c1F. The van der Waals surface area contributed by atoms with Gasteiger partial charge in [-0.2, -0.15) is 0 Å².